The Bertz CT molecular complexity index is 604. The monoisotopic (exact) mass is 266 g/mol. The summed E-state index contributed by atoms with van der Waals surface area (Å²) < 4.78 is 15.6. The molecule has 0 unspecified atom stereocenters. The van der Waals surface area contributed by atoms with Gasteiger partial charge in [-0.05, 0) is 12.1 Å². The van der Waals surface area contributed by atoms with Crippen molar-refractivity contribution in [3.8, 4) is 11.5 Å². The van der Waals surface area contributed by atoms with Crippen molar-refractivity contribution in [3.05, 3.63) is 34.7 Å². The SMILES string of the molecule is O=c1oc2ccccc2c(OCCO)c1OCCO. The smallest absolute Gasteiger partial charge is 0.383 e. The van der Waals surface area contributed by atoms with Crippen LogP contribution in [0.4, 0.5) is 0 Å². The normalized spacial score (nSPS) is 10.6. The first-order chi connectivity index (χ1) is 9.27. The second kappa shape index (κ2) is 6.21. The third-order valence-corrected chi connectivity index (χ3v) is 2.40. The van der Waals surface area contributed by atoms with E-state index in [0.717, 1.165) is 0 Å². The van der Waals surface area contributed by atoms with Gasteiger partial charge in [-0.25, -0.2) is 4.79 Å². The van der Waals surface area contributed by atoms with Gasteiger partial charge in [-0.2, -0.15) is 0 Å². The molecule has 0 saturated carbocycles. The maximum absolute atomic E-state index is 11.8. The fourth-order valence-corrected chi connectivity index (χ4v) is 1.67. The van der Waals surface area contributed by atoms with Gasteiger partial charge < -0.3 is 24.1 Å². The van der Waals surface area contributed by atoms with Crippen LogP contribution in [0.2, 0.25) is 0 Å². The van der Waals surface area contributed by atoms with E-state index >= 15 is 0 Å². The highest BCUT2D eigenvalue weighted by atomic mass is 16.5. The van der Waals surface area contributed by atoms with Crippen LogP contribution in [0.1, 0.15) is 0 Å². The highest BCUT2D eigenvalue weighted by Crippen LogP contribution is 2.32. The zero-order valence-corrected chi connectivity index (χ0v) is 10.2. The molecule has 2 aromatic rings. The Kier molecular flexibility index (Phi) is 4.38. The van der Waals surface area contributed by atoms with Crippen molar-refractivity contribution in [1.29, 1.82) is 0 Å². The molecule has 0 spiro atoms. The number of rotatable bonds is 6. The van der Waals surface area contributed by atoms with Gasteiger partial charge in [-0.15, -0.1) is 0 Å². The molecule has 0 amide bonds. The van der Waals surface area contributed by atoms with Gasteiger partial charge in [0.25, 0.3) is 0 Å². The Morgan fingerprint density at radius 2 is 1.63 bits per heavy atom. The van der Waals surface area contributed by atoms with E-state index in [1.807, 2.05) is 0 Å². The predicted molar refractivity (Wildman–Crippen MR) is 67.6 cm³/mol. The molecular formula is C13H14O6. The Hall–Kier alpha value is -2.05. The van der Waals surface area contributed by atoms with E-state index in [1.54, 1.807) is 24.3 Å². The summed E-state index contributed by atoms with van der Waals surface area (Å²) in [6.07, 6.45) is 0. The number of aliphatic hydroxyl groups is 2. The Labute approximate surface area is 108 Å². The van der Waals surface area contributed by atoms with Gasteiger partial charge in [0.2, 0.25) is 5.75 Å². The van der Waals surface area contributed by atoms with E-state index in [0.29, 0.717) is 11.0 Å². The van der Waals surface area contributed by atoms with Crippen LogP contribution >= 0.6 is 0 Å². The molecule has 2 N–H and O–H groups in total. The van der Waals surface area contributed by atoms with Crippen molar-refractivity contribution < 1.29 is 24.1 Å². The fourth-order valence-electron chi connectivity index (χ4n) is 1.67. The molecule has 0 aliphatic heterocycles. The van der Waals surface area contributed by atoms with Crippen molar-refractivity contribution in [3.63, 3.8) is 0 Å². The molecule has 0 saturated heterocycles. The summed E-state index contributed by atoms with van der Waals surface area (Å²) in [5, 5.41) is 18.2. The molecule has 0 aliphatic carbocycles. The Balaban J connectivity index is 2.56. The minimum absolute atomic E-state index is 0.0307. The van der Waals surface area contributed by atoms with E-state index in [9.17, 15) is 4.79 Å². The van der Waals surface area contributed by atoms with Gasteiger partial charge in [0, 0.05) is 0 Å². The molecule has 0 bridgehead atoms. The van der Waals surface area contributed by atoms with E-state index in [4.69, 9.17) is 24.1 Å². The van der Waals surface area contributed by atoms with E-state index < -0.39 is 5.63 Å². The molecule has 0 atom stereocenters. The van der Waals surface area contributed by atoms with Crippen LogP contribution in [-0.4, -0.2) is 36.6 Å². The molecule has 6 heteroatoms. The molecule has 6 nitrogen and oxygen atoms in total. The van der Waals surface area contributed by atoms with Gasteiger partial charge in [-0.3, -0.25) is 0 Å². The second-order valence-corrected chi connectivity index (χ2v) is 3.69. The van der Waals surface area contributed by atoms with Gasteiger partial charge in [-0.1, -0.05) is 12.1 Å². The number of benzene rings is 1. The van der Waals surface area contributed by atoms with Crippen molar-refractivity contribution in [2.75, 3.05) is 26.4 Å². The highest BCUT2D eigenvalue weighted by Gasteiger charge is 2.17. The van der Waals surface area contributed by atoms with Crippen molar-refractivity contribution >= 4 is 11.0 Å². The Morgan fingerprint density at radius 3 is 2.32 bits per heavy atom. The van der Waals surface area contributed by atoms with Crippen molar-refractivity contribution in [2.45, 2.75) is 0 Å². The third kappa shape index (κ3) is 2.86. The molecule has 102 valence electrons. The zero-order valence-electron chi connectivity index (χ0n) is 10.2. The third-order valence-electron chi connectivity index (χ3n) is 2.40. The summed E-state index contributed by atoms with van der Waals surface area (Å²) in [5.41, 5.74) is -0.308. The quantitative estimate of drug-likeness (QED) is 0.742. The number of aliphatic hydroxyl groups excluding tert-OH is 2. The standard InChI is InChI=1S/C13H14O6/c14-5-7-17-11-9-3-1-2-4-10(9)19-13(16)12(11)18-8-6-15/h1-4,14-15H,5-8H2. The molecule has 0 radical (unpaired) electrons. The minimum atomic E-state index is -0.680. The summed E-state index contributed by atoms with van der Waals surface area (Å²) in [6, 6.07) is 6.86. The average Bonchev–Trinajstić information content (AvgIpc) is 2.43. The van der Waals surface area contributed by atoms with Crippen LogP contribution in [0.3, 0.4) is 0 Å². The lowest BCUT2D eigenvalue weighted by molar-refractivity contribution is 0.175. The van der Waals surface area contributed by atoms with E-state index in [-0.39, 0.29) is 37.9 Å². The lowest BCUT2D eigenvalue weighted by Crippen LogP contribution is -2.14. The van der Waals surface area contributed by atoms with Crippen molar-refractivity contribution in [2.24, 2.45) is 0 Å². The van der Waals surface area contributed by atoms with Crippen LogP contribution < -0.4 is 15.1 Å². The van der Waals surface area contributed by atoms with E-state index in [1.165, 1.54) is 0 Å². The molecule has 2 rings (SSSR count). The zero-order chi connectivity index (χ0) is 13.7. The molecule has 1 aromatic carbocycles. The largest absolute Gasteiger partial charge is 0.486 e. The van der Waals surface area contributed by atoms with Gasteiger partial charge in [0.1, 0.15) is 18.8 Å². The van der Waals surface area contributed by atoms with Crippen LogP contribution in [-0.2, 0) is 0 Å². The highest BCUT2D eigenvalue weighted by molar-refractivity contribution is 5.85. The summed E-state index contributed by atoms with van der Waals surface area (Å²) in [4.78, 5) is 11.8. The number of para-hydroxylation sites is 1. The average molecular weight is 266 g/mol. The molecule has 1 aromatic heterocycles. The number of hydrogen-bond donors (Lipinski definition) is 2. The van der Waals surface area contributed by atoms with Crippen LogP contribution in [0.25, 0.3) is 11.0 Å². The second-order valence-electron chi connectivity index (χ2n) is 3.69. The first kappa shape index (κ1) is 13.4. The van der Waals surface area contributed by atoms with Gasteiger partial charge >= 0.3 is 5.63 Å². The van der Waals surface area contributed by atoms with Gasteiger partial charge in [0.15, 0.2) is 5.75 Å². The van der Waals surface area contributed by atoms with Crippen molar-refractivity contribution in [1.82, 2.24) is 0 Å². The summed E-state index contributed by atoms with van der Waals surface area (Å²) in [6.45, 7) is -0.429. The lowest BCUT2D eigenvalue weighted by Gasteiger charge is -2.12. The summed E-state index contributed by atoms with van der Waals surface area (Å²) in [5.74, 6) is 0.121. The maximum Gasteiger partial charge on any atom is 0.383 e. The predicted octanol–water partition coefficient (Wildman–Crippen LogP) is 0.535. The fraction of sp³-hybridized carbons (Fsp3) is 0.308. The maximum atomic E-state index is 11.8. The summed E-state index contributed by atoms with van der Waals surface area (Å²) in [7, 11) is 0. The van der Waals surface area contributed by atoms with Crippen LogP contribution in [0.15, 0.2) is 33.5 Å². The number of fused-ring (bicyclic) bond motifs is 1. The summed E-state index contributed by atoms with van der Waals surface area (Å²) >= 11 is 0. The van der Waals surface area contributed by atoms with Crippen LogP contribution in [0.5, 0.6) is 11.5 Å². The molecule has 0 fully saturated rings. The topological polar surface area (TPSA) is 89.1 Å². The number of ether oxygens (including phenoxy) is 2. The molecule has 0 aliphatic rings. The lowest BCUT2D eigenvalue weighted by atomic mass is 10.2. The first-order valence-electron chi connectivity index (χ1n) is 5.81. The minimum Gasteiger partial charge on any atom is -0.486 e. The number of hydrogen-bond acceptors (Lipinski definition) is 6. The Morgan fingerprint density at radius 1 is 1.00 bits per heavy atom. The first-order valence-corrected chi connectivity index (χ1v) is 5.81. The molecule has 1 heterocycles. The van der Waals surface area contributed by atoms with E-state index in [2.05, 4.69) is 0 Å². The van der Waals surface area contributed by atoms with Gasteiger partial charge in [0.05, 0.1) is 18.6 Å². The molecule has 19 heavy (non-hydrogen) atoms. The molecular weight excluding hydrogens is 252 g/mol. The van der Waals surface area contributed by atoms with Crippen LogP contribution in [0, 0.1) is 0 Å².